The fourth-order valence-corrected chi connectivity index (χ4v) is 0.954. The second kappa shape index (κ2) is 9.68. The van der Waals surface area contributed by atoms with Crippen molar-refractivity contribution in [3.63, 3.8) is 0 Å². The molecule has 0 unspecified atom stereocenters. The van der Waals surface area contributed by atoms with Crippen LogP contribution in [-0.2, 0) is 14.3 Å². The van der Waals surface area contributed by atoms with Crippen molar-refractivity contribution in [3.8, 4) is 0 Å². The van der Waals surface area contributed by atoms with Crippen LogP contribution in [0.15, 0.2) is 12.2 Å². The molecule has 0 fully saturated rings. The van der Waals surface area contributed by atoms with E-state index in [0.717, 1.165) is 12.8 Å². The maximum absolute atomic E-state index is 11.3. The van der Waals surface area contributed by atoms with E-state index in [2.05, 4.69) is 13.5 Å². The number of carbonyl (C=O) groups excluding carboxylic acids is 1. The highest BCUT2D eigenvalue weighted by Gasteiger charge is 2.07. The number of hydrogen-bond acceptors (Lipinski definition) is 4. The smallest absolute Gasteiger partial charge is 0.333 e. The Morgan fingerprint density at radius 2 is 2.07 bits per heavy atom. The van der Waals surface area contributed by atoms with E-state index >= 15 is 0 Å². The summed E-state index contributed by atoms with van der Waals surface area (Å²) in [6.45, 7) is 6.49. The predicted octanol–water partition coefficient (Wildman–Crippen LogP) is 1.28. The Balaban J connectivity index is 3.43. The highest BCUT2D eigenvalue weighted by atomic mass is 16.6. The molecule has 0 aliphatic heterocycles. The Labute approximate surface area is 90.9 Å². The van der Waals surface area contributed by atoms with Gasteiger partial charge in [0.2, 0.25) is 0 Å². The number of ether oxygens (including phenoxy) is 2. The van der Waals surface area contributed by atoms with E-state index in [-0.39, 0.29) is 25.8 Å². The van der Waals surface area contributed by atoms with Crippen molar-refractivity contribution < 1.29 is 19.4 Å². The third-order valence-electron chi connectivity index (χ3n) is 1.82. The largest absolute Gasteiger partial charge is 0.460 e. The maximum atomic E-state index is 11.3. The van der Waals surface area contributed by atoms with Gasteiger partial charge in [-0.15, -0.1) is 0 Å². The van der Waals surface area contributed by atoms with Crippen molar-refractivity contribution in [1.82, 2.24) is 0 Å². The molecular formula is C11H20O4. The monoisotopic (exact) mass is 216 g/mol. The number of unbranched alkanes of at least 4 members (excludes halogenated alkanes) is 1. The Bertz CT molecular complexity index is 189. The molecule has 0 aromatic heterocycles. The molecule has 0 amide bonds. The topological polar surface area (TPSA) is 55.8 Å². The molecule has 0 aliphatic rings. The molecule has 4 heteroatoms. The van der Waals surface area contributed by atoms with Gasteiger partial charge in [-0.05, 0) is 12.8 Å². The molecule has 0 bridgehead atoms. The van der Waals surface area contributed by atoms with Crippen molar-refractivity contribution in [2.45, 2.75) is 26.2 Å². The zero-order valence-corrected chi connectivity index (χ0v) is 9.33. The van der Waals surface area contributed by atoms with Gasteiger partial charge in [-0.2, -0.15) is 0 Å². The van der Waals surface area contributed by atoms with E-state index in [1.165, 1.54) is 0 Å². The SMILES string of the molecule is C=C(CCCC)C(=O)OCCOCCO. The van der Waals surface area contributed by atoms with Crippen LogP contribution in [0.3, 0.4) is 0 Å². The molecular weight excluding hydrogens is 196 g/mol. The summed E-state index contributed by atoms with van der Waals surface area (Å²) in [4.78, 5) is 11.3. The summed E-state index contributed by atoms with van der Waals surface area (Å²) in [6, 6.07) is 0. The van der Waals surface area contributed by atoms with Gasteiger partial charge in [-0.3, -0.25) is 0 Å². The summed E-state index contributed by atoms with van der Waals surface area (Å²) in [5, 5.41) is 8.41. The standard InChI is InChI=1S/C11H20O4/c1-3-4-5-10(2)11(13)15-9-8-14-7-6-12/h12H,2-9H2,1H3. The molecule has 1 N–H and O–H groups in total. The lowest BCUT2D eigenvalue weighted by Crippen LogP contribution is -2.13. The third kappa shape index (κ3) is 8.15. The van der Waals surface area contributed by atoms with Crippen LogP contribution < -0.4 is 0 Å². The molecule has 0 heterocycles. The van der Waals surface area contributed by atoms with Crippen LogP contribution in [0, 0.1) is 0 Å². The van der Waals surface area contributed by atoms with Crippen molar-refractivity contribution in [2.24, 2.45) is 0 Å². The molecule has 0 aromatic rings. The van der Waals surface area contributed by atoms with Gasteiger partial charge in [-0.1, -0.05) is 19.9 Å². The third-order valence-corrected chi connectivity index (χ3v) is 1.82. The maximum Gasteiger partial charge on any atom is 0.333 e. The number of esters is 1. The van der Waals surface area contributed by atoms with Gasteiger partial charge in [0.05, 0.1) is 19.8 Å². The van der Waals surface area contributed by atoms with Crippen LogP contribution >= 0.6 is 0 Å². The molecule has 0 saturated carbocycles. The van der Waals surface area contributed by atoms with E-state index < -0.39 is 0 Å². The van der Waals surface area contributed by atoms with Crippen LogP contribution in [0.1, 0.15) is 26.2 Å². The highest BCUT2D eigenvalue weighted by Crippen LogP contribution is 2.06. The van der Waals surface area contributed by atoms with E-state index in [1.807, 2.05) is 0 Å². The molecule has 0 rings (SSSR count). The summed E-state index contributed by atoms with van der Waals surface area (Å²) in [6.07, 6.45) is 2.67. The summed E-state index contributed by atoms with van der Waals surface area (Å²) in [7, 11) is 0. The lowest BCUT2D eigenvalue weighted by Gasteiger charge is -2.06. The zero-order chi connectivity index (χ0) is 11.5. The number of aliphatic hydroxyl groups is 1. The van der Waals surface area contributed by atoms with Gasteiger partial charge in [-0.25, -0.2) is 4.79 Å². The molecule has 15 heavy (non-hydrogen) atoms. The van der Waals surface area contributed by atoms with Crippen molar-refractivity contribution in [3.05, 3.63) is 12.2 Å². The van der Waals surface area contributed by atoms with E-state index in [1.54, 1.807) is 0 Å². The minimum atomic E-state index is -0.351. The Hall–Kier alpha value is -0.870. The first-order chi connectivity index (χ1) is 7.22. The molecule has 88 valence electrons. The average Bonchev–Trinajstić information content (AvgIpc) is 2.25. The van der Waals surface area contributed by atoms with Gasteiger partial charge >= 0.3 is 5.97 Å². The minimum absolute atomic E-state index is 0.0167. The molecule has 0 aromatic carbocycles. The summed E-state index contributed by atoms with van der Waals surface area (Å²) < 4.78 is 9.84. The van der Waals surface area contributed by atoms with Gasteiger partial charge in [0, 0.05) is 5.57 Å². The molecule has 0 radical (unpaired) electrons. The second-order valence-electron chi connectivity index (χ2n) is 3.18. The molecule has 4 nitrogen and oxygen atoms in total. The second-order valence-corrected chi connectivity index (χ2v) is 3.18. The number of rotatable bonds is 9. The Kier molecular flexibility index (Phi) is 9.11. The van der Waals surface area contributed by atoms with Crippen LogP contribution in [0.25, 0.3) is 0 Å². The van der Waals surface area contributed by atoms with E-state index in [0.29, 0.717) is 18.6 Å². The normalized spacial score (nSPS) is 10.0. The van der Waals surface area contributed by atoms with Gasteiger partial charge in [0.15, 0.2) is 0 Å². The van der Waals surface area contributed by atoms with E-state index in [9.17, 15) is 4.79 Å². The molecule has 0 atom stereocenters. The van der Waals surface area contributed by atoms with Crippen LogP contribution in [0.2, 0.25) is 0 Å². The van der Waals surface area contributed by atoms with Crippen LogP contribution in [0.4, 0.5) is 0 Å². The average molecular weight is 216 g/mol. The Morgan fingerprint density at radius 1 is 1.33 bits per heavy atom. The fraction of sp³-hybridized carbons (Fsp3) is 0.727. The quantitative estimate of drug-likeness (QED) is 0.358. The fourth-order valence-electron chi connectivity index (χ4n) is 0.954. The summed E-state index contributed by atoms with van der Waals surface area (Å²) in [5.74, 6) is -0.351. The minimum Gasteiger partial charge on any atom is -0.460 e. The van der Waals surface area contributed by atoms with E-state index in [4.69, 9.17) is 14.6 Å². The summed E-state index contributed by atoms with van der Waals surface area (Å²) >= 11 is 0. The van der Waals surface area contributed by atoms with Gasteiger partial charge < -0.3 is 14.6 Å². The first-order valence-corrected chi connectivity index (χ1v) is 5.25. The lowest BCUT2D eigenvalue weighted by molar-refractivity contribution is -0.140. The highest BCUT2D eigenvalue weighted by molar-refractivity contribution is 5.87. The predicted molar refractivity (Wildman–Crippen MR) is 57.5 cm³/mol. The first kappa shape index (κ1) is 14.1. The number of carbonyl (C=O) groups is 1. The molecule has 0 spiro atoms. The molecule has 0 aliphatic carbocycles. The van der Waals surface area contributed by atoms with Gasteiger partial charge in [0.25, 0.3) is 0 Å². The summed E-state index contributed by atoms with van der Waals surface area (Å²) in [5.41, 5.74) is 0.513. The Morgan fingerprint density at radius 3 is 2.67 bits per heavy atom. The van der Waals surface area contributed by atoms with Crippen molar-refractivity contribution in [2.75, 3.05) is 26.4 Å². The molecule has 0 saturated heterocycles. The number of hydrogen-bond donors (Lipinski definition) is 1. The number of aliphatic hydroxyl groups excluding tert-OH is 1. The van der Waals surface area contributed by atoms with Crippen molar-refractivity contribution >= 4 is 5.97 Å². The first-order valence-electron chi connectivity index (χ1n) is 5.25. The zero-order valence-electron chi connectivity index (χ0n) is 9.33. The van der Waals surface area contributed by atoms with Gasteiger partial charge in [0.1, 0.15) is 6.61 Å². The van der Waals surface area contributed by atoms with Crippen LogP contribution in [-0.4, -0.2) is 37.5 Å². The lowest BCUT2D eigenvalue weighted by atomic mass is 10.1. The van der Waals surface area contributed by atoms with Crippen LogP contribution in [0.5, 0.6) is 0 Å². The van der Waals surface area contributed by atoms with Crippen molar-refractivity contribution in [1.29, 1.82) is 0 Å².